The van der Waals surface area contributed by atoms with E-state index in [1.54, 1.807) is 12.1 Å². The fourth-order valence-electron chi connectivity index (χ4n) is 4.23. The van der Waals surface area contributed by atoms with Crippen LogP contribution < -0.4 is 0 Å². The average Bonchev–Trinajstić information content (AvgIpc) is 3.48. The van der Waals surface area contributed by atoms with E-state index >= 15 is 0 Å². The van der Waals surface area contributed by atoms with Gasteiger partial charge in [0, 0.05) is 29.0 Å². The van der Waals surface area contributed by atoms with Crippen molar-refractivity contribution in [1.82, 2.24) is 10.2 Å². The first-order chi connectivity index (χ1) is 14.1. The van der Waals surface area contributed by atoms with Crippen molar-refractivity contribution in [1.29, 1.82) is 0 Å². The lowest BCUT2D eigenvalue weighted by Crippen LogP contribution is -2.31. The van der Waals surface area contributed by atoms with Gasteiger partial charge in [0.1, 0.15) is 23.0 Å². The first-order valence-corrected chi connectivity index (χ1v) is 9.61. The molecule has 0 aliphatic heterocycles. The molecule has 4 nitrogen and oxygen atoms in total. The van der Waals surface area contributed by atoms with E-state index in [1.165, 1.54) is 24.3 Å². The van der Waals surface area contributed by atoms with E-state index in [-0.39, 0.29) is 17.6 Å². The molecule has 2 N–H and O–H groups in total. The van der Waals surface area contributed by atoms with Gasteiger partial charge in [0.25, 0.3) is 0 Å². The number of benzene rings is 2. The van der Waals surface area contributed by atoms with E-state index in [2.05, 4.69) is 15.4 Å². The van der Waals surface area contributed by atoms with Crippen molar-refractivity contribution in [3.63, 3.8) is 0 Å². The number of allylic oxidation sites excluding steroid dienone is 1. The Morgan fingerprint density at radius 1 is 1.07 bits per heavy atom. The Bertz CT molecular complexity index is 1100. The molecule has 146 valence electrons. The predicted molar refractivity (Wildman–Crippen MR) is 106 cm³/mol. The Kier molecular flexibility index (Phi) is 4.08. The van der Waals surface area contributed by atoms with Crippen LogP contribution in [0.2, 0.25) is 0 Å². The van der Waals surface area contributed by atoms with Crippen molar-refractivity contribution in [3.8, 4) is 0 Å². The fourth-order valence-corrected chi connectivity index (χ4v) is 4.23. The van der Waals surface area contributed by atoms with Gasteiger partial charge in [0.2, 0.25) is 0 Å². The summed E-state index contributed by atoms with van der Waals surface area (Å²) in [6.07, 6.45) is 6.32. The van der Waals surface area contributed by atoms with Gasteiger partial charge >= 0.3 is 0 Å². The monoisotopic (exact) mass is 391 g/mol. The smallest absolute Gasteiger partial charge is 0.123 e. The van der Waals surface area contributed by atoms with Crippen LogP contribution in [0.1, 0.15) is 40.9 Å². The fraction of sp³-hybridized carbons (Fsp3) is 0.217. The van der Waals surface area contributed by atoms with E-state index in [9.17, 15) is 14.0 Å². The van der Waals surface area contributed by atoms with Crippen molar-refractivity contribution >= 4 is 11.8 Å². The molecular weight excluding hydrogens is 372 g/mol. The van der Waals surface area contributed by atoms with Gasteiger partial charge in [0.05, 0.1) is 0 Å². The molecule has 29 heavy (non-hydrogen) atoms. The zero-order valence-corrected chi connectivity index (χ0v) is 15.6. The topological polar surface area (TPSA) is 61.3 Å². The molecular formula is C23H19F2N3O. The Labute approximate surface area is 166 Å². The summed E-state index contributed by atoms with van der Waals surface area (Å²) in [6, 6.07) is 12.8. The van der Waals surface area contributed by atoms with Crippen molar-refractivity contribution < 1.29 is 14.0 Å². The summed E-state index contributed by atoms with van der Waals surface area (Å²) >= 11 is 0. The Morgan fingerprint density at radius 3 is 2.28 bits per heavy atom. The number of H-pyrrole nitrogens is 1. The van der Waals surface area contributed by atoms with E-state index in [1.807, 2.05) is 24.3 Å². The Hall–Kier alpha value is -3.28. The molecule has 1 saturated carbocycles. The lowest BCUT2D eigenvalue weighted by atomic mass is 9.68. The zero-order valence-electron chi connectivity index (χ0n) is 15.6. The summed E-state index contributed by atoms with van der Waals surface area (Å²) in [5.41, 5.74) is 3.69. The number of oxime groups is 1. The lowest BCUT2D eigenvalue weighted by molar-refractivity contribution is 0.317. The highest BCUT2D eigenvalue weighted by Crippen LogP contribution is 2.43. The molecule has 0 bridgehead atoms. The third-order valence-corrected chi connectivity index (χ3v) is 5.87. The number of hydrogen-bond donors (Lipinski definition) is 2. The van der Waals surface area contributed by atoms with Crippen LogP contribution in [0.15, 0.2) is 59.8 Å². The lowest BCUT2D eigenvalue weighted by Gasteiger charge is -2.34. The van der Waals surface area contributed by atoms with Gasteiger partial charge in [-0.05, 0) is 48.2 Å². The van der Waals surface area contributed by atoms with Crippen LogP contribution >= 0.6 is 0 Å². The van der Waals surface area contributed by atoms with Crippen molar-refractivity contribution in [3.05, 3.63) is 94.3 Å². The molecule has 3 aromatic rings. The number of aromatic nitrogens is 2. The SMILES string of the molecule is ON=C(c1n[nH]c2c1C=CC(c1cccc(F)c1)(c1cccc(F)c1)C2)C1CC1. The van der Waals surface area contributed by atoms with Crippen molar-refractivity contribution in [2.45, 2.75) is 24.7 Å². The summed E-state index contributed by atoms with van der Waals surface area (Å²) in [4.78, 5) is 0. The maximum atomic E-state index is 14.1. The molecule has 0 atom stereocenters. The highest BCUT2D eigenvalue weighted by atomic mass is 19.1. The maximum Gasteiger partial charge on any atom is 0.123 e. The highest BCUT2D eigenvalue weighted by Gasteiger charge is 2.39. The van der Waals surface area contributed by atoms with Crippen LogP contribution in [0.25, 0.3) is 6.08 Å². The van der Waals surface area contributed by atoms with Crippen LogP contribution in [0.3, 0.4) is 0 Å². The third-order valence-electron chi connectivity index (χ3n) is 5.87. The highest BCUT2D eigenvalue weighted by molar-refractivity contribution is 6.04. The van der Waals surface area contributed by atoms with Gasteiger partial charge in [-0.25, -0.2) is 8.78 Å². The van der Waals surface area contributed by atoms with Crippen LogP contribution in [0.4, 0.5) is 8.78 Å². The number of halogens is 2. The second-order valence-corrected chi connectivity index (χ2v) is 7.73. The second kappa shape index (κ2) is 6.65. The van der Waals surface area contributed by atoms with Crippen molar-refractivity contribution in [2.24, 2.45) is 11.1 Å². The average molecular weight is 391 g/mol. The van der Waals surface area contributed by atoms with Crippen LogP contribution in [-0.2, 0) is 11.8 Å². The molecule has 2 aliphatic rings. The molecule has 2 aromatic carbocycles. The molecule has 0 radical (unpaired) electrons. The van der Waals surface area contributed by atoms with Crippen molar-refractivity contribution in [2.75, 3.05) is 0 Å². The largest absolute Gasteiger partial charge is 0.411 e. The molecule has 0 saturated heterocycles. The number of aromatic amines is 1. The first kappa shape index (κ1) is 17.8. The number of nitrogens with zero attached hydrogens (tertiary/aromatic N) is 2. The number of rotatable bonds is 4. The normalized spacial score (nSPS) is 17.9. The van der Waals surface area contributed by atoms with Gasteiger partial charge < -0.3 is 5.21 Å². The van der Waals surface area contributed by atoms with Crippen LogP contribution in [-0.4, -0.2) is 21.1 Å². The van der Waals surface area contributed by atoms with E-state index in [0.717, 1.165) is 35.2 Å². The molecule has 0 spiro atoms. The second-order valence-electron chi connectivity index (χ2n) is 7.73. The van der Waals surface area contributed by atoms with E-state index in [4.69, 9.17) is 0 Å². The molecule has 1 aromatic heterocycles. The Balaban J connectivity index is 1.66. The summed E-state index contributed by atoms with van der Waals surface area (Å²) in [6.45, 7) is 0. The predicted octanol–water partition coefficient (Wildman–Crippen LogP) is 4.83. The molecule has 1 fully saturated rings. The summed E-state index contributed by atoms with van der Waals surface area (Å²) < 4.78 is 28.1. The molecule has 0 amide bonds. The molecule has 6 heteroatoms. The molecule has 5 rings (SSSR count). The minimum Gasteiger partial charge on any atom is -0.411 e. The van der Waals surface area contributed by atoms with E-state index in [0.29, 0.717) is 17.8 Å². The van der Waals surface area contributed by atoms with Gasteiger partial charge in [0.15, 0.2) is 0 Å². The van der Waals surface area contributed by atoms with Crippen LogP contribution in [0.5, 0.6) is 0 Å². The number of fused-ring (bicyclic) bond motifs is 1. The molecule has 2 aliphatic carbocycles. The summed E-state index contributed by atoms with van der Waals surface area (Å²) in [5, 5.41) is 20.4. The molecule has 1 heterocycles. The first-order valence-electron chi connectivity index (χ1n) is 9.61. The number of hydrogen-bond acceptors (Lipinski definition) is 3. The summed E-state index contributed by atoms with van der Waals surface area (Å²) in [7, 11) is 0. The van der Waals surface area contributed by atoms with Gasteiger partial charge in [-0.15, -0.1) is 0 Å². The number of nitrogens with one attached hydrogen (secondary N) is 1. The quantitative estimate of drug-likeness (QED) is 0.380. The minimum absolute atomic E-state index is 0.235. The van der Waals surface area contributed by atoms with Gasteiger partial charge in [-0.1, -0.05) is 41.6 Å². The minimum atomic E-state index is -0.739. The molecule has 0 unspecified atom stereocenters. The van der Waals surface area contributed by atoms with Crippen LogP contribution in [0, 0.1) is 17.6 Å². The summed E-state index contributed by atoms with van der Waals surface area (Å²) in [5.74, 6) is -0.448. The van der Waals surface area contributed by atoms with Gasteiger partial charge in [-0.2, -0.15) is 5.10 Å². The maximum absolute atomic E-state index is 14.1. The standard InChI is InChI=1S/C23H19F2N3O/c24-17-5-1-3-15(11-17)23(16-4-2-6-18(25)12-16)10-9-19-20(13-23)26-27-22(19)21(28-29)14-7-8-14/h1-6,9-12,14,29H,7-8,13H2,(H,26,27). The third kappa shape index (κ3) is 2.95. The zero-order chi connectivity index (χ0) is 20.0. The Morgan fingerprint density at radius 2 is 1.72 bits per heavy atom. The van der Waals surface area contributed by atoms with Gasteiger partial charge in [-0.3, -0.25) is 5.10 Å². The van der Waals surface area contributed by atoms with E-state index < -0.39 is 5.41 Å².